The number of nitrogens with one attached hydrogen (secondary N) is 1. The van der Waals surface area contributed by atoms with Crippen LogP contribution in [0.5, 0.6) is 0 Å². The summed E-state index contributed by atoms with van der Waals surface area (Å²) in [6.07, 6.45) is 4.18. The quantitative estimate of drug-likeness (QED) is 0.930. The van der Waals surface area contributed by atoms with Gasteiger partial charge in [-0.1, -0.05) is 18.2 Å². The van der Waals surface area contributed by atoms with Gasteiger partial charge in [-0.05, 0) is 48.9 Å². The fraction of sp³-hybridized carbons (Fsp3) is 0.421. The van der Waals surface area contributed by atoms with E-state index < -0.39 is 0 Å². The van der Waals surface area contributed by atoms with Gasteiger partial charge in [-0.15, -0.1) is 5.10 Å². The summed E-state index contributed by atoms with van der Waals surface area (Å²) in [5.74, 6) is 0.737. The van der Waals surface area contributed by atoms with Crippen molar-refractivity contribution >= 4 is 11.7 Å². The summed E-state index contributed by atoms with van der Waals surface area (Å²) in [4.78, 5) is 14.6. The lowest BCUT2D eigenvalue weighted by Crippen LogP contribution is -2.43. The van der Waals surface area contributed by atoms with Gasteiger partial charge in [0.2, 0.25) is 5.91 Å². The molecule has 2 atom stereocenters. The molecule has 2 heterocycles. The van der Waals surface area contributed by atoms with E-state index >= 15 is 0 Å². The standard InChI is InChI=1S/C19H21FN4O/c20-17-5-2-1-4-14(17)15-12-16(15)19(25)24-10-7-13(8-11-24)22-18-6-3-9-21-23-18/h1-6,9,13,15-16H,7-8,10-12H2,(H,22,23)/t15-,16-/m1/s1. The Morgan fingerprint density at radius 2 is 1.96 bits per heavy atom. The summed E-state index contributed by atoms with van der Waals surface area (Å²) >= 11 is 0. The molecule has 2 aliphatic rings. The summed E-state index contributed by atoms with van der Waals surface area (Å²) < 4.78 is 13.9. The molecule has 1 aliphatic carbocycles. The van der Waals surface area contributed by atoms with E-state index in [1.165, 1.54) is 6.07 Å². The van der Waals surface area contributed by atoms with Gasteiger partial charge in [0, 0.05) is 31.2 Å². The van der Waals surface area contributed by atoms with Crippen LogP contribution in [0, 0.1) is 11.7 Å². The number of amides is 1. The Balaban J connectivity index is 1.30. The molecule has 130 valence electrons. The maximum absolute atomic E-state index is 13.9. The lowest BCUT2D eigenvalue weighted by Gasteiger charge is -2.32. The smallest absolute Gasteiger partial charge is 0.226 e. The minimum atomic E-state index is -0.199. The predicted octanol–water partition coefficient (Wildman–Crippen LogP) is 2.82. The fourth-order valence-electron chi connectivity index (χ4n) is 3.65. The molecule has 2 fully saturated rings. The highest BCUT2D eigenvalue weighted by Gasteiger charge is 2.47. The normalized spacial score (nSPS) is 23.3. The van der Waals surface area contributed by atoms with Crippen LogP contribution in [0.15, 0.2) is 42.6 Å². The number of likely N-dealkylation sites (tertiary alicyclic amines) is 1. The summed E-state index contributed by atoms with van der Waals surface area (Å²) in [5, 5.41) is 11.3. The number of hydrogen-bond acceptors (Lipinski definition) is 4. The highest BCUT2D eigenvalue weighted by atomic mass is 19.1. The first-order valence-electron chi connectivity index (χ1n) is 8.80. The molecule has 1 saturated carbocycles. The first kappa shape index (κ1) is 16.0. The van der Waals surface area contributed by atoms with E-state index in [0.717, 1.165) is 38.2 Å². The average molecular weight is 340 g/mol. The van der Waals surface area contributed by atoms with Crippen molar-refractivity contribution < 1.29 is 9.18 Å². The topological polar surface area (TPSA) is 58.1 Å². The zero-order valence-corrected chi connectivity index (χ0v) is 13.9. The first-order valence-corrected chi connectivity index (χ1v) is 8.80. The van der Waals surface area contributed by atoms with Crippen molar-refractivity contribution in [2.45, 2.75) is 31.2 Å². The maximum atomic E-state index is 13.9. The molecule has 1 aromatic carbocycles. The third-order valence-electron chi connectivity index (χ3n) is 5.14. The molecule has 6 heteroatoms. The zero-order chi connectivity index (χ0) is 17.2. The second-order valence-corrected chi connectivity index (χ2v) is 6.82. The Kier molecular flexibility index (Phi) is 4.34. The van der Waals surface area contributed by atoms with Crippen LogP contribution in [0.4, 0.5) is 10.2 Å². The van der Waals surface area contributed by atoms with E-state index in [9.17, 15) is 9.18 Å². The van der Waals surface area contributed by atoms with E-state index in [4.69, 9.17) is 0 Å². The van der Waals surface area contributed by atoms with Crippen molar-refractivity contribution in [3.05, 3.63) is 54.0 Å². The number of halogens is 1. The van der Waals surface area contributed by atoms with Gasteiger partial charge in [0.05, 0.1) is 0 Å². The lowest BCUT2D eigenvalue weighted by atomic mass is 10.0. The van der Waals surface area contributed by atoms with Gasteiger partial charge < -0.3 is 10.2 Å². The van der Waals surface area contributed by atoms with Crippen molar-refractivity contribution in [2.75, 3.05) is 18.4 Å². The first-order chi connectivity index (χ1) is 12.2. The largest absolute Gasteiger partial charge is 0.366 e. The lowest BCUT2D eigenvalue weighted by molar-refractivity contribution is -0.133. The maximum Gasteiger partial charge on any atom is 0.226 e. The van der Waals surface area contributed by atoms with Crippen molar-refractivity contribution in [1.29, 1.82) is 0 Å². The van der Waals surface area contributed by atoms with E-state index in [0.29, 0.717) is 11.6 Å². The number of carbonyl (C=O) groups is 1. The molecule has 25 heavy (non-hydrogen) atoms. The summed E-state index contributed by atoms with van der Waals surface area (Å²) in [7, 11) is 0. The molecular formula is C19H21FN4O. The SMILES string of the molecule is O=C([C@@H]1C[C@@H]1c1ccccc1F)N1CCC(Nc2cccnn2)CC1. The van der Waals surface area contributed by atoms with Gasteiger partial charge >= 0.3 is 0 Å². The zero-order valence-electron chi connectivity index (χ0n) is 13.9. The highest BCUT2D eigenvalue weighted by molar-refractivity contribution is 5.83. The number of aromatic nitrogens is 2. The molecule has 1 amide bonds. The van der Waals surface area contributed by atoms with E-state index in [-0.39, 0.29) is 23.6 Å². The number of benzene rings is 1. The Morgan fingerprint density at radius 3 is 2.68 bits per heavy atom. The molecule has 4 rings (SSSR count). The molecule has 0 radical (unpaired) electrons. The van der Waals surface area contributed by atoms with Crippen molar-refractivity contribution in [2.24, 2.45) is 5.92 Å². The van der Waals surface area contributed by atoms with Gasteiger partial charge in [0.15, 0.2) is 0 Å². The second kappa shape index (κ2) is 6.78. The van der Waals surface area contributed by atoms with Crippen molar-refractivity contribution in [3.63, 3.8) is 0 Å². The molecule has 5 nitrogen and oxygen atoms in total. The van der Waals surface area contributed by atoms with Gasteiger partial charge in [-0.3, -0.25) is 4.79 Å². The van der Waals surface area contributed by atoms with E-state index in [2.05, 4.69) is 15.5 Å². The van der Waals surface area contributed by atoms with Crippen LogP contribution in [0.1, 0.15) is 30.7 Å². The summed E-state index contributed by atoms with van der Waals surface area (Å²) in [6.45, 7) is 1.47. The van der Waals surface area contributed by atoms with Gasteiger partial charge in [-0.25, -0.2) is 4.39 Å². The monoisotopic (exact) mass is 340 g/mol. The number of piperidine rings is 1. The molecule has 1 aromatic heterocycles. The molecule has 1 N–H and O–H groups in total. The van der Waals surface area contributed by atoms with Gasteiger partial charge in [-0.2, -0.15) is 5.10 Å². The van der Waals surface area contributed by atoms with Crippen LogP contribution in [-0.4, -0.2) is 40.1 Å². The van der Waals surface area contributed by atoms with Crippen LogP contribution in [-0.2, 0) is 4.79 Å². The van der Waals surface area contributed by atoms with Gasteiger partial charge in [0.25, 0.3) is 0 Å². The van der Waals surface area contributed by atoms with E-state index in [1.54, 1.807) is 18.3 Å². The molecule has 1 saturated heterocycles. The van der Waals surface area contributed by atoms with Crippen molar-refractivity contribution in [1.82, 2.24) is 15.1 Å². The minimum Gasteiger partial charge on any atom is -0.366 e. The van der Waals surface area contributed by atoms with Crippen LogP contribution in [0.25, 0.3) is 0 Å². The summed E-state index contributed by atoms with van der Waals surface area (Å²) in [5.41, 5.74) is 0.681. The third-order valence-corrected chi connectivity index (χ3v) is 5.14. The van der Waals surface area contributed by atoms with Crippen LogP contribution < -0.4 is 5.32 Å². The molecule has 1 aliphatic heterocycles. The number of carbonyl (C=O) groups excluding carboxylic acids is 1. The van der Waals surface area contributed by atoms with Crippen LogP contribution in [0.2, 0.25) is 0 Å². The number of nitrogens with zero attached hydrogens (tertiary/aromatic N) is 3. The summed E-state index contributed by atoms with van der Waals surface area (Å²) in [6, 6.07) is 10.8. The number of hydrogen-bond donors (Lipinski definition) is 1. The number of anilines is 1. The fourth-order valence-corrected chi connectivity index (χ4v) is 3.65. The molecular weight excluding hydrogens is 319 g/mol. The Hall–Kier alpha value is -2.50. The molecule has 0 unspecified atom stereocenters. The Bertz CT molecular complexity index is 746. The van der Waals surface area contributed by atoms with E-state index in [1.807, 2.05) is 23.1 Å². The Labute approximate surface area is 146 Å². The van der Waals surface area contributed by atoms with Crippen LogP contribution >= 0.6 is 0 Å². The number of rotatable bonds is 4. The average Bonchev–Trinajstić information content (AvgIpc) is 3.44. The highest BCUT2D eigenvalue weighted by Crippen LogP contribution is 2.49. The predicted molar refractivity (Wildman–Crippen MR) is 92.5 cm³/mol. The minimum absolute atomic E-state index is 0.0455. The van der Waals surface area contributed by atoms with Gasteiger partial charge in [0.1, 0.15) is 11.6 Å². The molecule has 0 bridgehead atoms. The van der Waals surface area contributed by atoms with Crippen LogP contribution in [0.3, 0.4) is 0 Å². The second-order valence-electron chi connectivity index (χ2n) is 6.82. The third kappa shape index (κ3) is 3.48. The molecule has 2 aromatic rings. The molecule has 0 spiro atoms. The van der Waals surface area contributed by atoms with Crippen molar-refractivity contribution in [3.8, 4) is 0 Å². The Morgan fingerprint density at radius 1 is 1.16 bits per heavy atom.